The Morgan fingerprint density at radius 1 is 1.26 bits per heavy atom. The molecular weight excluding hydrogens is 240 g/mol. The highest BCUT2D eigenvalue weighted by Crippen LogP contribution is 2.43. The molecule has 0 spiro atoms. The third-order valence-electron chi connectivity index (χ3n) is 4.44. The van der Waals surface area contributed by atoms with Crippen LogP contribution < -0.4 is 4.74 Å². The van der Waals surface area contributed by atoms with Gasteiger partial charge in [-0.1, -0.05) is 18.9 Å². The van der Waals surface area contributed by atoms with Gasteiger partial charge in [0, 0.05) is 0 Å². The molecule has 1 aliphatic rings. The van der Waals surface area contributed by atoms with Crippen molar-refractivity contribution in [1.82, 2.24) is 0 Å². The van der Waals surface area contributed by atoms with Crippen LogP contribution in [0.5, 0.6) is 5.75 Å². The summed E-state index contributed by atoms with van der Waals surface area (Å²) >= 11 is 0. The van der Waals surface area contributed by atoms with E-state index in [-0.39, 0.29) is 0 Å². The summed E-state index contributed by atoms with van der Waals surface area (Å²) in [5, 5.41) is 9.57. The van der Waals surface area contributed by atoms with Gasteiger partial charge in [-0.2, -0.15) is 0 Å². The van der Waals surface area contributed by atoms with E-state index in [0.29, 0.717) is 6.42 Å². The van der Waals surface area contributed by atoms with E-state index in [2.05, 4.69) is 13.0 Å². The molecule has 1 N–H and O–H groups in total. The molecule has 19 heavy (non-hydrogen) atoms. The molecule has 2 rings (SSSR count). The van der Waals surface area contributed by atoms with E-state index in [4.69, 9.17) is 4.74 Å². The fraction of sp³-hybridized carbons (Fsp3) is 0.562. The van der Waals surface area contributed by atoms with Crippen molar-refractivity contribution >= 4 is 5.97 Å². The molecule has 1 aromatic carbocycles. The summed E-state index contributed by atoms with van der Waals surface area (Å²) < 4.78 is 5.42. The first-order valence-electron chi connectivity index (χ1n) is 6.86. The first-order chi connectivity index (χ1) is 8.98. The van der Waals surface area contributed by atoms with E-state index in [0.717, 1.165) is 37.0 Å². The van der Waals surface area contributed by atoms with Crippen molar-refractivity contribution in [2.45, 2.75) is 46.0 Å². The Kier molecular flexibility index (Phi) is 3.83. The number of carboxylic acids is 1. The van der Waals surface area contributed by atoms with Gasteiger partial charge in [0.1, 0.15) is 5.75 Å². The number of benzene rings is 1. The lowest BCUT2D eigenvalue weighted by molar-refractivity contribution is -0.148. The van der Waals surface area contributed by atoms with Gasteiger partial charge in [-0.05, 0) is 55.9 Å². The Hall–Kier alpha value is -1.51. The molecular formula is C16H22O3. The Labute approximate surface area is 114 Å². The molecule has 0 radical (unpaired) electrons. The van der Waals surface area contributed by atoms with E-state index in [9.17, 15) is 9.90 Å². The summed E-state index contributed by atoms with van der Waals surface area (Å²) in [5.74, 6) is 0.154. The van der Waals surface area contributed by atoms with Crippen molar-refractivity contribution in [1.29, 1.82) is 0 Å². The number of aryl methyl sites for hydroxylation is 2. The van der Waals surface area contributed by atoms with Crippen LogP contribution in [0, 0.1) is 19.3 Å². The minimum atomic E-state index is -0.662. The molecule has 0 bridgehead atoms. The second-order valence-electron chi connectivity index (χ2n) is 5.72. The summed E-state index contributed by atoms with van der Waals surface area (Å²) in [6.07, 6.45) is 4.16. The van der Waals surface area contributed by atoms with Crippen LogP contribution >= 0.6 is 0 Å². The molecule has 3 nitrogen and oxygen atoms in total. The normalized spacial score (nSPS) is 17.4. The fourth-order valence-corrected chi connectivity index (χ4v) is 3.06. The van der Waals surface area contributed by atoms with Crippen LogP contribution in [-0.4, -0.2) is 18.2 Å². The van der Waals surface area contributed by atoms with Gasteiger partial charge in [-0.25, -0.2) is 0 Å². The van der Waals surface area contributed by atoms with Crippen molar-refractivity contribution in [2.75, 3.05) is 7.11 Å². The van der Waals surface area contributed by atoms with Crippen molar-refractivity contribution < 1.29 is 14.6 Å². The molecule has 0 aliphatic heterocycles. The Morgan fingerprint density at radius 2 is 1.84 bits per heavy atom. The maximum Gasteiger partial charge on any atom is 0.309 e. The predicted molar refractivity (Wildman–Crippen MR) is 74.7 cm³/mol. The number of rotatable bonds is 4. The van der Waals surface area contributed by atoms with Crippen LogP contribution in [0.2, 0.25) is 0 Å². The zero-order chi connectivity index (χ0) is 14.0. The van der Waals surface area contributed by atoms with Crippen molar-refractivity contribution in [3.63, 3.8) is 0 Å². The Bertz CT molecular complexity index is 485. The van der Waals surface area contributed by atoms with Crippen LogP contribution in [0.3, 0.4) is 0 Å². The second kappa shape index (κ2) is 5.24. The third kappa shape index (κ3) is 2.60. The molecule has 3 heteroatoms. The highest BCUT2D eigenvalue weighted by atomic mass is 16.5. The van der Waals surface area contributed by atoms with Gasteiger partial charge >= 0.3 is 5.97 Å². The lowest BCUT2D eigenvalue weighted by atomic mass is 9.79. The summed E-state index contributed by atoms with van der Waals surface area (Å²) in [5.41, 5.74) is 2.80. The smallest absolute Gasteiger partial charge is 0.309 e. The minimum Gasteiger partial charge on any atom is -0.496 e. The number of hydrogen-bond donors (Lipinski definition) is 1. The Morgan fingerprint density at radius 3 is 2.37 bits per heavy atom. The number of carboxylic acid groups (broad SMARTS) is 1. The number of aliphatic carboxylic acids is 1. The molecule has 0 amide bonds. The molecule has 1 saturated carbocycles. The first kappa shape index (κ1) is 13.9. The number of methoxy groups -OCH3 is 1. The standard InChI is InChI=1S/C16H22O3/c1-11-8-13(14(19-3)9-12(11)2)10-16(15(17)18)6-4-5-7-16/h8-9H,4-7,10H2,1-3H3,(H,17,18). The maximum atomic E-state index is 11.6. The van der Waals surface area contributed by atoms with Crippen molar-refractivity contribution in [3.8, 4) is 5.75 Å². The van der Waals surface area contributed by atoms with E-state index in [1.807, 2.05) is 13.0 Å². The topological polar surface area (TPSA) is 46.5 Å². The molecule has 0 aromatic heterocycles. The summed E-state index contributed by atoms with van der Waals surface area (Å²) in [6, 6.07) is 4.09. The summed E-state index contributed by atoms with van der Waals surface area (Å²) in [7, 11) is 1.65. The van der Waals surface area contributed by atoms with Crippen LogP contribution in [0.4, 0.5) is 0 Å². The number of hydrogen-bond acceptors (Lipinski definition) is 2. The SMILES string of the molecule is COc1cc(C)c(C)cc1CC1(C(=O)O)CCCC1. The summed E-state index contributed by atoms with van der Waals surface area (Å²) in [4.78, 5) is 11.6. The van der Waals surface area contributed by atoms with Gasteiger partial charge in [-0.15, -0.1) is 0 Å². The molecule has 0 saturated heterocycles. The van der Waals surface area contributed by atoms with E-state index >= 15 is 0 Å². The van der Waals surface area contributed by atoms with Crippen LogP contribution in [0.1, 0.15) is 42.4 Å². The fourth-order valence-electron chi connectivity index (χ4n) is 3.06. The van der Waals surface area contributed by atoms with Crippen LogP contribution in [-0.2, 0) is 11.2 Å². The van der Waals surface area contributed by atoms with Crippen molar-refractivity contribution in [3.05, 3.63) is 28.8 Å². The largest absolute Gasteiger partial charge is 0.496 e. The van der Waals surface area contributed by atoms with Crippen molar-refractivity contribution in [2.24, 2.45) is 5.41 Å². The van der Waals surface area contributed by atoms with E-state index in [1.165, 1.54) is 11.1 Å². The minimum absolute atomic E-state index is 0.576. The monoisotopic (exact) mass is 262 g/mol. The Balaban J connectivity index is 2.36. The average molecular weight is 262 g/mol. The van der Waals surface area contributed by atoms with E-state index < -0.39 is 11.4 Å². The average Bonchev–Trinajstić information content (AvgIpc) is 2.83. The van der Waals surface area contributed by atoms with Gasteiger partial charge in [0.25, 0.3) is 0 Å². The summed E-state index contributed by atoms with van der Waals surface area (Å²) in [6.45, 7) is 4.10. The molecule has 0 unspecified atom stereocenters. The van der Waals surface area contributed by atoms with Gasteiger partial charge in [0.15, 0.2) is 0 Å². The van der Waals surface area contributed by atoms with Crippen LogP contribution in [0.15, 0.2) is 12.1 Å². The molecule has 1 fully saturated rings. The third-order valence-corrected chi connectivity index (χ3v) is 4.44. The number of ether oxygens (including phenoxy) is 1. The quantitative estimate of drug-likeness (QED) is 0.903. The zero-order valence-corrected chi connectivity index (χ0v) is 12.0. The molecule has 0 heterocycles. The first-order valence-corrected chi connectivity index (χ1v) is 6.86. The van der Waals surface area contributed by atoms with Gasteiger partial charge in [-0.3, -0.25) is 4.79 Å². The van der Waals surface area contributed by atoms with Gasteiger partial charge < -0.3 is 9.84 Å². The molecule has 104 valence electrons. The van der Waals surface area contributed by atoms with E-state index in [1.54, 1.807) is 7.11 Å². The highest BCUT2D eigenvalue weighted by molar-refractivity contribution is 5.75. The number of carbonyl (C=O) groups is 1. The molecule has 1 aliphatic carbocycles. The van der Waals surface area contributed by atoms with Gasteiger partial charge in [0.05, 0.1) is 12.5 Å². The maximum absolute atomic E-state index is 11.6. The molecule has 1 aromatic rings. The zero-order valence-electron chi connectivity index (χ0n) is 12.0. The lowest BCUT2D eigenvalue weighted by Gasteiger charge is -2.25. The highest BCUT2D eigenvalue weighted by Gasteiger charge is 2.41. The second-order valence-corrected chi connectivity index (χ2v) is 5.72. The van der Waals surface area contributed by atoms with Gasteiger partial charge in [0.2, 0.25) is 0 Å². The lowest BCUT2D eigenvalue weighted by Crippen LogP contribution is -2.30. The van der Waals surface area contributed by atoms with Crippen LogP contribution in [0.25, 0.3) is 0 Å². The predicted octanol–water partition coefficient (Wildman–Crippen LogP) is 3.50. The molecule has 0 atom stereocenters.